The van der Waals surface area contributed by atoms with Gasteiger partial charge >= 0.3 is 0 Å². The number of carbonyl (C=O) groups is 1. The number of carbonyl (C=O) groups excluding carboxylic acids is 1. The average molecular weight is 376 g/mol. The molecule has 8 heteroatoms. The first kappa shape index (κ1) is 19.7. The molecule has 1 aliphatic carbocycles. The van der Waals surface area contributed by atoms with Gasteiger partial charge in [-0.15, -0.1) is 0 Å². The van der Waals surface area contributed by atoms with Crippen LogP contribution in [0.2, 0.25) is 0 Å². The van der Waals surface area contributed by atoms with Gasteiger partial charge in [-0.25, -0.2) is 0 Å². The Hall–Kier alpha value is -2.09. The summed E-state index contributed by atoms with van der Waals surface area (Å²) in [5, 5.41) is 10.8. The molecular weight excluding hydrogens is 342 g/mol. The van der Waals surface area contributed by atoms with Crippen molar-refractivity contribution in [3.63, 3.8) is 0 Å². The number of nitrogens with one attached hydrogen (secondary N) is 2. The fourth-order valence-electron chi connectivity index (χ4n) is 3.92. The first-order valence-corrected chi connectivity index (χ1v) is 10.1. The molecule has 2 aliphatic rings. The third-order valence-corrected chi connectivity index (χ3v) is 5.69. The quantitative estimate of drug-likeness (QED) is 0.557. The van der Waals surface area contributed by atoms with Gasteiger partial charge in [0.25, 0.3) is 0 Å². The van der Waals surface area contributed by atoms with Crippen LogP contribution in [0.1, 0.15) is 31.4 Å². The number of hydrogen-bond acceptors (Lipinski definition) is 4. The fraction of sp³-hybridized carbons (Fsp3) is 0.737. The first-order valence-electron chi connectivity index (χ1n) is 10.1. The van der Waals surface area contributed by atoms with Crippen molar-refractivity contribution in [2.24, 2.45) is 18.0 Å². The van der Waals surface area contributed by atoms with Crippen molar-refractivity contribution in [2.75, 3.05) is 46.3 Å². The molecule has 0 spiro atoms. The number of aryl methyl sites for hydroxylation is 1. The van der Waals surface area contributed by atoms with Crippen LogP contribution in [0.4, 0.5) is 0 Å². The summed E-state index contributed by atoms with van der Waals surface area (Å²) in [6.07, 6.45) is 6.42. The lowest BCUT2D eigenvalue weighted by atomic mass is 10.1. The maximum Gasteiger partial charge on any atom is 0.225 e. The normalized spacial score (nSPS) is 19.5. The highest BCUT2D eigenvalue weighted by atomic mass is 16.2. The predicted octanol–water partition coefficient (Wildman–Crippen LogP) is 0.420. The van der Waals surface area contributed by atoms with E-state index in [1.54, 1.807) is 13.2 Å². The molecule has 3 rings (SSSR count). The van der Waals surface area contributed by atoms with Crippen LogP contribution in [0.15, 0.2) is 17.3 Å². The van der Waals surface area contributed by atoms with Crippen LogP contribution in [-0.4, -0.2) is 77.8 Å². The Morgan fingerprint density at radius 2 is 1.96 bits per heavy atom. The third kappa shape index (κ3) is 5.45. The van der Waals surface area contributed by atoms with Gasteiger partial charge in [0.15, 0.2) is 5.96 Å². The standard InChI is InChI=1S/C19H33N7O/c1-20-19(22-15-17-7-8-23-24(17)2)21-9-10-25-11-13-26(14-12-25)18(27)16-5-3-4-6-16/h7-8,16H,3-6,9-15H2,1-2H3,(H2,20,21,22). The van der Waals surface area contributed by atoms with E-state index in [0.29, 0.717) is 18.4 Å². The Morgan fingerprint density at radius 1 is 1.22 bits per heavy atom. The first-order chi connectivity index (χ1) is 13.2. The van der Waals surface area contributed by atoms with Crippen LogP contribution >= 0.6 is 0 Å². The van der Waals surface area contributed by atoms with Gasteiger partial charge in [-0.3, -0.25) is 19.4 Å². The van der Waals surface area contributed by atoms with Gasteiger partial charge in [0.1, 0.15) is 0 Å². The second kappa shape index (κ2) is 9.73. The number of aromatic nitrogens is 2. The number of nitrogens with zero attached hydrogens (tertiary/aromatic N) is 5. The van der Waals surface area contributed by atoms with Crippen molar-refractivity contribution in [1.82, 2.24) is 30.2 Å². The van der Waals surface area contributed by atoms with Crippen LogP contribution in [0.25, 0.3) is 0 Å². The minimum absolute atomic E-state index is 0.298. The third-order valence-electron chi connectivity index (χ3n) is 5.69. The van der Waals surface area contributed by atoms with Crippen molar-refractivity contribution in [2.45, 2.75) is 32.2 Å². The Balaban J connectivity index is 1.32. The molecule has 2 heterocycles. The summed E-state index contributed by atoms with van der Waals surface area (Å²) in [6.45, 7) is 6.13. The van der Waals surface area contributed by atoms with E-state index in [0.717, 1.165) is 63.8 Å². The van der Waals surface area contributed by atoms with Crippen molar-refractivity contribution in [1.29, 1.82) is 0 Å². The van der Waals surface area contributed by atoms with Gasteiger partial charge in [-0.05, 0) is 18.9 Å². The average Bonchev–Trinajstić information content (AvgIpc) is 3.36. The summed E-state index contributed by atoms with van der Waals surface area (Å²) < 4.78 is 1.85. The smallest absolute Gasteiger partial charge is 0.225 e. The molecule has 150 valence electrons. The molecule has 0 atom stereocenters. The molecule has 27 heavy (non-hydrogen) atoms. The monoisotopic (exact) mass is 375 g/mol. The van der Waals surface area contributed by atoms with Gasteiger partial charge in [-0.1, -0.05) is 12.8 Å². The van der Waals surface area contributed by atoms with E-state index in [1.807, 2.05) is 17.8 Å². The molecule has 2 fully saturated rings. The van der Waals surface area contributed by atoms with Crippen LogP contribution in [0, 0.1) is 5.92 Å². The van der Waals surface area contributed by atoms with Crippen molar-refractivity contribution < 1.29 is 4.79 Å². The zero-order valence-electron chi connectivity index (χ0n) is 16.7. The second-order valence-electron chi connectivity index (χ2n) is 7.45. The van der Waals surface area contributed by atoms with Gasteiger partial charge < -0.3 is 15.5 Å². The van der Waals surface area contributed by atoms with E-state index in [-0.39, 0.29) is 0 Å². The maximum atomic E-state index is 12.5. The summed E-state index contributed by atoms with van der Waals surface area (Å²) in [5.41, 5.74) is 1.11. The molecule has 0 unspecified atom stereocenters. The van der Waals surface area contributed by atoms with E-state index in [2.05, 4.69) is 30.5 Å². The summed E-state index contributed by atoms with van der Waals surface area (Å²) >= 11 is 0. The lowest BCUT2D eigenvalue weighted by molar-refractivity contribution is -0.137. The van der Waals surface area contributed by atoms with Crippen molar-refractivity contribution in [3.05, 3.63) is 18.0 Å². The number of rotatable bonds is 6. The van der Waals surface area contributed by atoms with Crippen LogP contribution < -0.4 is 10.6 Å². The zero-order valence-corrected chi connectivity index (χ0v) is 16.7. The van der Waals surface area contributed by atoms with Gasteiger partial charge in [0.2, 0.25) is 5.91 Å². The SMILES string of the molecule is CN=C(NCCN1CCN(C(=O)C2CCCC2)CC1)NCc1ccnn1C. The van der Waals surface area contributed by atoms with Gasteiger partial charge in [0.05, 0.1) is 12.2 Å². The molecular formula is C19H33N7O. The zero-order chi connectivity index (χ0) is 19.1. The Kier molecular flexibility index (Phi) is 7.09. The van der Waals surface area contributed by atoms with Crippen LogP contribution in [0.5, 0.6) is 0 Å². The minimum atomic E-state index is 0.298. The summed E-state index contributed by atoms with van der Waals surface area (Å²) in [7, 11) is 3.72. The molecule has 0 radical (unpaired) electrons. The number of amides is 1. The van der Waals surface area contributed by atoms with Gasteiger partial charge in [-0.2, -0.15) is 5.10 Å². The lowest BCUT2D eigenvalue weighted by Gasteiger charge is -2.36. The highest BCUT2D eigenvalue weighted by Crippen LogP contribution is 2.26. The van der Waals surface area contributed by atoms with E-state index in [1.165, 1.54) is 12.8 Å². The highest BCUT2D eigenvalue weighted by molar-refractivity contribution is 5.79. The van der Waals surface area contributed by atoms with Crippen LogP contribution in [-0.2, 0) is 18.4 Å². The van der Waals surface area contributed by atoms with Crippen molar-refractivity contribution in [3.8, 4) is 0 Å². The van der Waals surface area contributed by atoms with E-state index in [4.69, 9.17) is 0 Å². The number of hydrogen-bond donors (Lipinski definition) is 2. The molecule has 1 saturated heterocycles. The molecule has 2 N–H and O–H groups in total. The van der Waals surface area contributed by atoms with E-state index < -0.39 is 0 Å². The molecule has 1 aromatic rings. The number of guanidine groups is 1. The largest absolute Gasteiger partial charge is 0.355 e. The minimum Gasteiger partial charge on any atom is -0.355 e. The number of piperazine rings is 1. The van der Waals surface area contributed by atoms with Gasteiger partial charge in [0, 0.05) is 65.5 Å². The Morgan fingerprint density at radius 3 is 2.59 bits per heavy atom. The Bertz CT molecular complexity index is 628. The Labute approximate surface area is 162 Å². The molecule has 0 bridgehead atoms. The lowest BCUT2D eigenvalue weighted by Crippen LogP contribution is -2.51. The molecule has 1 aromatic heterocycles. The van der Waals surface area contributed by atoms with E-state index in [9.17, 15) is 4.79 Å². The molecule has 1 aliphatic heterocycles. The molecule has 1 saturated carbocycles. The van der Waals surface area contributed by atoms with Crippen LogP contribution in [0.3, 0.4) is 0 Å². The number of aliphatic imine (C=N–C) groups is 1. The molecule has 0 aromatic carbocycles. The summed E-state index contributed by atoms with van der Waals surface area (Å²) in [4.78, 5) is 21.3. The predicted molar refractivity (Wildman–Crippen MR) is 106 cm³/mol. The summed E-state index contributed by atoms with van der Waals surface area (Å²) in [6, 6.07) is 1.99. The highest BCUT2D eigenvalue weighted by Gasteiger charge is 2.29. The molecule has 1 amide bonds. The van der Waals surface area contributed by atoms with Crippen molar-refractivity contribution >= 4 is 11.9 Å². The second-order valence-corrected chi connectivity index (χ2v) is 7.45. The maximum absolute atomic E-state index is 12.5. The fourth-order valence-corrected chi connectivity index (χ4v) is 3.92. The summed E-state index contributed by atoms with van der Waals surface area (Å²) in [5.74, 6) is 1.49. The topological polar surface area (TPSA) is 77.8 Å². The molecule has 8 nitrogen and oxygen atoms in total. The van der Waals surface area contributed by atoms with E-state index >= 15 is 0 Å².